The topological polar surface area (TPSA) is 41.1 Å². The predicted molar refractivity (Wildman–Crippen MR) is 82.7 cm³/mol. The lowest BCUT2D eigenvalue weighted by molar-refractivity contribution is -0.115. The van der Waals surface area contributed by atoms with Crippen LogP contribution in [0.2, 0.25) is 0 Å². The van der Waals surface area contributed by atoms with Gasteiger partial charge in [-0.15, -0.1) is 0 Å². The highest BCUT2D eigenvalue weighted by Crippen LogP contribution is 2.21. The molecule has 0 radical (unpaired) electrons. The normalized spacial score (nSPS) is 12.0. The minimum atomic E-state index is 0.0501. The van der Waals surface area contributed by atoms with E-state index in [0.717, 1.165) is 17.9 Å². The first-order chi connectivity index (χ1) is 9.06. The number of anilines is 2. The zero-order chi connectivity index (χ0) is 14.3. The van der Waals surface area contributed by atoms with Gasteiger partial charge in [0.15, 0.2) is 0 Å². The van der Waals surface area contributed by atoms with E-state index in [2.05, 4.69) is 31.4 Å². The molecule has 19 heavy (non-hydrogen) atoms. The fourth-order valence-electron chi connectivity index (χ4n) is 2.02. The molecular formula is C16H26N2O. The van der Waals surface area contributed by atoms with Crippen LogP contribution < -0.4 is 10.6 Å². The largest absolute Gasteiger partial charge is 0.385 e. The Morgan fingerprint density at radius 2 is 2.05 bits per heavy atom. The molecule has 106 valence electrons. The molecule has 1 atom stereocenters. The minimum Gasteiger partial charge on any atom is -0.385 e. The third-order valence-corrected chi connectivity index (χ3v) is 3.26. The van der Waals surface area contributed by atoms with Crippen molar-refractivity contribution in [3.8, 4) is 0 Å². The fourth-order valence-corrected chi connectivity index (χ4v) is 2.02. The SMILES string of the molecule is CCCC(C)CNc1cc(NC(=O)CC)ccc1C. The molecule has 1 aromatic rings. The Hall–Kier alpha value is -1.51. The maximum absolute atomic E-state index is 11.4. The molecule has 1 unspecified atom stereocenters. The van der Waals surface area contributed by atoms with E-state index in [1.807, 2.05) is 25.1 Å². The van der Waals surface area contributed by atoms with Gasteiger partial charge in [0, 0.05) is 24.3 Å². The van der Waals surface area contributed by atoms with Crippen LogP contribution in [0.5, 0.6) is 0 Å². The number of carbonyl (C=O) groups excluding carboxylic acids is 1. The molecular weight excluding hydrogens is 236 g/mol. The van der Waals surface area contributed by atoms with Crippen molar-refractivity contribution in [1.29, 1.82) is 0 Å². The lowest BCUT2D eigenvalue weighted by atomic mass is 10.1. The average Bonchev–Trinajstić information content (AvgIpc) is 2.39. The number of nitrogens with one attached hydrogen (secondary N) is 2. The van der Waals surface area contributed by atoms with Crippen molar-refractivity contribution in [2.24, 2.45) is 5.92 Å². The van der Waals surface area contributed by atoms with Gasteiger partial charge in [-0.25, -0.2) is 0 Å². The first kappa shape index (κ1) is 15.5. The third kappa shape index (κ3) is 5.33. The quantitative estimate of drug-likeness (QED) is 0.773. The molecule has 0 heterocycles. The summed E-state index contributed by atoms with van der Waals surface area (Å²) in [7, 11) is 0. The smallest absolute Gasteiger partial charge is 0.224 e. The Kier molecular flexibility index (Phi) is 6.40. The molecule has 1 amide bonds. The lowest BCUT2D eigenvalue weighted by Gasteiger charge is -2.15. The molecule has 0 aliphatic heterocycles. The van der Waals surface area contributed by atoms with Gasteiger partial charge in [0.2, 0.25) is 5.91 Å². The Bertz CT molecular complexity index is 415. The molecule has 0 spiro atoms. The zero-order valence-electron chi connectivity index (χ0n) is 12.5. The second-order valence-corrected chi connectivity index (χ2v) is 5.21. The van der Waals surface area contributed by atoms with Gasteiger partial charge in [0.05, 0.1) is 0 Å². The summed E-state index contributed by atoms with van der Waals surface area (Å²) in [6.45, 7) is 9.38. The minimum absolute atomic E-state index is 0.0501. The summed E-state index contributed by atoms with van der Waals surface area (Å²) >= 11 is 0. The molecule has 0 bridgehead atoms. The molecule has 2 N–H and O–H groups in total. The van der Waals surface area contributed by atoms with E-state index >= 15 is 0 Å². The number of rotatable bonds is 7. The van der Waals surface area contributed by atoms with Crippen molar-refractivity contribution in [2.45, 2.75) is 47.0 Å². The third-order valence-electron chi connectivity index (χ3n) is 3.26. The van der Waals surface area contributed by atoms with Gasteiger partial charge in [-0.3, -0.25) is 4.79 Å². The first-order valence-electron chi connectivity index (χ1n) is 7.21. The van der Waals surface area contributed by atoms with Gasteiger partial charge < -0.3 is 10.6 Å². The Morgan fingerprint density at radius 1 is 1.32 bits per heavy atom. The number of amides is 1. The first-order valence-corrected chi connectivity index (χ1v) is 7.21. The van der Waals surface area contributed by atoms with Crippen molar-refractivity contribution in [1.82, 2.24) is 0 Å². The molecule has 0 aliphatic rings. The summed E-state index contributed by atoms with van der Waals surface area (Å²) < 4.78 is 0. The van der Waals surface area contributed by atoms with E-state index in [1.165, 1.54) is 18.4 Å². The van der Waals surface area contributed by atoms with Crippen LogP contribution in [0.15, 0.2) is 18.2 Å². The molecule has 3 heteroatoms. The van der Waals surface area contributed by atoms with Crippen LogP contribution in [0.25, 0.3) is 0 Å². The standard InChI is InChI=1S/C16H26N2O/c1-5-7-12(3)11-17-15-10-14(9-8-13(15)4)18-16(19)6-2/h8-10,12,17H,5-7,11H2,1-4H3,(H,18,19). The van der Waals surface area contributed by atoms with Crippen LogP contribution in [-0.2, 0) is 4.79 Å². The van der Waals surface area contributed by atoms with E-state index in [4.69, 9.17) is 0 Å². The number of aryl methyl sites for hydroxylation is 1. The zero-order valence-corrected chi connectivity index (χ0v) is 12.5. The Balaban J connectivity index is 2.66. The van der Waals surface area contributed by atoms with Crippen LogP contribution in [0, 0.1) is 12.8 Å². The number of benzene rings is 1. The Morgan fingerprint density at radius 3 is 2.68 bits per heavy atom. The van der Waals surface area contributed by atoms with Gasteiger partial charge in [0.1, 0.15) is 0 Å². The average molecular weight is 262 g/mol. The van der Waals surface area contributed by atoms with Crippen LogP contribution in [0.4, 0.5) is 11.4 Å². The lowest BCUT2D eigenvalue weighted by Crippen LogP contribution is -2.13. The molecule has 0 aromatic heterocycles. The Labute approximate surface area is 116 Å². The maximum Gasteiger partial charge on any atom is 0.224 e. The summed E-state index contributed by atoms with van der Waals surface area (Å²) in [6.07, 6.45) is 2.96. The van der Waals surface area contributed by atoms with E-state index in [1.54, 1.807) is 0 Å². The van der Waals surface area contributed by atoms with Gasteiger partial charge in [-0.1, -0.05) is 33.3 Å². The van der Waals surface area contributed by atoms with Crippen molar-refractivity contribution < 1.29 is 4.79 Å². The monoisotopic (exact) mass is 262 g/mol. The van der Waals surface area contributed by atoms with E-state index in [9.17, 15) is 4.79 Å². The molecule has 3 nitrogen and oxygen atoms in total. The van der Waals surface area contributed by atoms with Crippen LogP contribution >= 0.6 is 0 Å². The summed E-state index contributed by atoms with van der Waals surface area (Å²) in [5, 5.41) is 6.37. The van der Waals surface area contributed by atoms with Crippen LogP contribution in [-0.4, -0.2) is 12.5 Å². The number of hydrogen-bond acceptors (Lipinski definition) is 2. The van der Waals surface area contributed by atoms with Crippen molar-refractivity contribution >= 4 is 17.3 Å². The molecule has 0 saturated heterocycles. The second-order valence-electron chi connectivity index (χ2n) is 5.21. The molecule has 0 aliphatic carbocycles. The second kappa shape index (κ2) is 7.82. The summed E-state index contributed by atoms with van der Waals surface area (Å²) in [5.41, 5.74) is 3.18. The van der Waals surface area contributed by atoms with E-state index in [0.29, 0.717) is 12.3 Å². The number of hydrogen-bond donors (Lipinski definition) is 2. The van der Waals surface area contributed by atoms with Gasteiger partial charge in [-0.2, -0.15) is 0 Å². The highest BCUT2D eigenvalue weighted by molar-refractivity contribution is 5.91. The van der Waals surface area contributed by atoms with Gasteiger partial charge in [0.25, 0.3) is 0 Å². The molecule has 1 aromatic carbocycles. The molecule has 1 rings (SSSR count). The molecule has 0 fully saturated rings. The predicted octanol–water partition coefficient (Wildman–Crippen LogP) is 4.19. The van der Waals surface area contributed by atoms with Crippen molar-refractivity contribution in [3.63, 3.8) is 0 Å². The van der Waals surface area contributed by atoms with Crippen LogP contribution in [0.1, 0.15) is 45.6 Å². The van der Waals surface area contributed by atoms with Crippen molar-refractivity contribution in [2.75, 3.05) is 17.2 Å². The summed E-state index contributed by atoms with van der Waals surface area (Å²) in [5.74, 6) is 0.715. The fraction of sp³-hybridized carbons (Fsp3) is 0.562. The van der Waals surface area contributed by atoms with Crippen molar-refractivity contribution in [3.05, 3.63) is 23.8 Å². The molecule has 0 saturated carbocycles. The van der Waals surface area contributed by atoms with Crippen LogP contribution in [0.3, 0.4) is 0 Å². The van der Waals surface area contributed by atoms with E-state index in [-0.39, 0.29) is 5.91 Å². The highest BCUT2D eigenvalue weighted by atomic mass is 16.1. The van der Waals surface area contributed by atoms with E-state index < -0.39 is 0 Å². The van der Waals surface area contributed by atoms with Gasteiger partial charge >= 0.3 is 0 Å². The highest BCUT2D eigenvalue weighted by Gasteiger charge is 2.05. The van der Waals surface area contributed by atoms with Gasteiger partial charge in [-0.05, 0) is 37.0 Å². The summed E-state index contributed by atoms with van der Waals surface area (Å²) in [4.78, 5) is 11.4. The maximum atomic E-state index is 11.4. The summed E-state index contributed by atoms with van der Waals surface area (Å²) in [6, 6.07) is 6.00. The number of carbonyl (C=O) groups is 1.